The van der Waals surface area contributed by atoms with Crippen LogP contribution in [0.1, 0.15) is 53.0 Å². The maximum atomic E-state index is 13.5. The van der Waals surface area contributed by atoms with E-state index < -0.39 is 21.9 Å². The lowest BCUT2D eigenvalue weighted by atomic mass is 9.85. The van der Waals surface area contributed by atoms with Crippen LogP contribution < -0.4 is 4.72 Å². The topological polar surface area (TPSA) is 83.5 Å². The van der Waals surface area contributed by atoms with Gasteiger partial charge >= 0.3 is 5.97 Å². The largest absolute Gasteiger partial charge is 0.481 e. The van der Waals surface area contributed by atoms with Crippen LogP contribution in [-0.2, 0) is 14.8 Å². The molecule has 0 aromatic heterocycles. The van der Waals surface area contributed by atoms with Crippen LogP contribution in [0.3, 0.4) is 0 Å². The molecule has 0 heterocycles. The number of carboxylic acid groups (broad SMARTS) is 1. The molecule has 1 saturated carbocycles. The molecule has 2 unspecified atom stereocenters. The Morgan fingerprint density at radius 2 is 1.56 bits per heavy atom. The molecule has 0 bridgehead atoms. The predicted octanol–water partition coefficient (Wildman–Crippen LogP) is 5.84. The number of nitrogens with one attached hydrogen (secondary N) is 1. The summed E-state index contributed by atoms with van der Waals surface area (Å²) in [6.45, 7) is 7.52. The number of aryl methyl sites for hydroxylation is 2. The second kappa shape index (κ2) is 8.24. The molecule has 5 nitrogen and oxygen atoms in total. The van der Waals surface area contributed by atoms with Crippen molar-refractivity contribution in [1.82, 2.24) is 0 Å². The van der Waals surface area contributed by atoms with Crippen molar-refractivity contribution in [3.63, 3.8) is 0 Å². The fraction of sp³-hybridized carbons (Fsp3) is 0.346. The van der Waals surface area contributed by atoms with E-state index in [1.54, 1.807) is 6.07 Å². The van der Waals surface area contributed by atoms with Crippen molar-refractivity contribution < 1.29 is 18.3 Å². The molecule has 1 aliphatic rings. The molecular formula is C26H29NO4S. The van der Waals surface area contributed by atoms with Gasteiger partial charge in [0.25, 0.3) is 10.0 Å². The molecule has 3 aromatic carbocycles. The third kappa shape index (κ3) is 3.77. The molecule has 4 rings (SSSR count). The van der Waals surface area contributed by atoms with Crippen molar-refractivity contribution in [2.24, 2.45) is 5.92 Å². The zero-order valence-electron chi connectivity index (χ0n) is 18.9. The average molecular weight is 452 g/mol. The van der Waals surface area contributed by atoms with E-state index in [2.05, 4.69) is 4.72 Å². The lowest BCUT2D eigenvalue weighted by molar-refractivity contribution is -0.141. The Kier molecular flexibility index (Phi) is 5.76. The summed E-state index contributed by atoms with van der Waals surface area (Å²) in [4.78, 5) is 12.1. The Morgan fingerprint density at radius 1 is 0.938 bits per heavy atom. The summed E-state index contributed by atoms with van der Waals surface area (Å²) < 4.78 is 29.8. The third-order valence-corrected chi connectivity index (χ3v) is 8.64. The van der Waals surface area contributed by atoms with Gasteiger partial charge in [-0.1, -0.05) is 42.8 Å². The molecule has 2 N–H and O–H groups in total. The van der Waals surface area contributed by atoms with Crippen LogP contribution in [0.4, 0.5) is 5.69 Å². The van der Waals surface area contributed by atoms with Gasteiger partial charge in [-0.25, -0.2) is 8.42 Å². The number of hydrogen-bond acceptors (Lipinski definition) is 3. The molecule has 0 saturated heterocycles. The summed E-state index contributed by atoms with van der Waals surface area (Å²) in [5.41, 5.74) is 4.86. The SMILES string of the molecule is Cc1cc(C)c(C)c(S(=O)(=O)Nc2ccc(C3CCCC3C(=O)O)c3ccccc23)c1C. The van der Waals surface area contributed by atoms with Gasteiger partial charge in [-0.3, -0.25) is 9.52 Å². The van der Waals surface area contributed by atoms with Crippen LogP contribution in [0, 0.1) is 33.6 Å². The van der Waals surface area contributed by atoms with Gasteiger partial charge in [-0.2, -0.15) is 0 Å². The zero-order valence-corrected chi connectivity index (χ0v) is 19.7. The number of carboxylic acids is 1. The predicted molar refractivity (Wildman–Crippen MR) is 128 cm³/mol. The van der Waals surface area contributed by atoms with Crippen LogP contribution >= 0.6 is 0 Å². The van der Waals surface area contributed by atoms with E-state index in [-0.39, 0.29) is 5.92 Å². The highest BCUT2D eigenvalue weighted by atomic mass is 32.2. The van der Waals surface area contributed by atoms with E-state index in [0.717, 1.165) is 51.4 Å². The standard InChI is InChI=1S/C26H29NO4S/c1-15-14-16(2)18(4)25(17(15)3)32(30,31)27-24-13-12-21(19-8-5-6-9-22(19)24)20-10-7-11-23(20)26(28)29/h5-6,8-9,12-14,20,23,27H,7,10-11H2,1-4H3,(H,28,29). The van der Waals surface area contributed by atoms with Gasteiger partial charge in [-0.05, 0) is 85.7 Å². The first-order valence-corrected chi connectivity index (χ1v) is 12.4. The van der Waals surface area contributed by atoms with Crippen LogP contribution in [0.5, 0.6) is 0 Å². The summed E-state index contributed by atoms with van der Waals surface area (Å²) in [6, 6.07) is 13.3. The highest BCUT2D eigenvalue weighted by molar-refractivity contribution is 7.92. The van der Waals surface area contributed by atoms with Crippen LogP contribution in [-0.4, -0.2) is 19.5 Å². The minimum atomic E-state index is -3.81. The number of anilines is 1. The first-order valence-electron chi connectivity index (χ1n) is 11.0. The zero-order chi connectivity index (χ0) is 23.2. The number of sulfonamides is 1. The van der Waals surface area contributed by atoms with Gasteiger partial charge in [0.2, 0.25) is 0 Å². The van der Waals surface area contributed by atoms with E-state index in [1.165, 1.54) is 0 Å². The average Bonchev–Trinajstić information content (AvgIpc) is 3.22. The molecule has 0 amide bonds. The number of benzene rings is 3. The van der Waals surface area contributed by atoms with Crippen LogP contribution in [0.15, 0.2) is 47.4 Å². The van der Waals surface area contributed by atoms with Gasteiger partial charge in [0.1, 0.15) is 0 Å². The van der Waals surface area contributed by atoms with Crippen molar-refractivity contribution in [3.05, 3.63) is 70.3 Å². The highest BCUT2D eigenvalue weighted by Crippen LogP contribution is 2.43. The fourth-order valence-corrected chi connectivity index (χ4v) is 6.84. The van der Waals surface area contributed by atoms with E-state index in [0.29, 0.717) is 17.0 Å². The monoisotopic (exact) mass is 451 g/mol. The van der Waals surface area contributed by atoms with Crippen LogP contribution in [0.2, 0.25) is 0 Å². The normalized spacial score (nSPS) is 18.8. The second-order valence-corrected chi connectivity index (χ2v) is 10.5. The minimum Gasteiger partial charge on any atom is -0.481 e. The number of fused-ring (bicyclic) bond motifs is 1. The molecule has 0 radical (unpaired) electrons. The Bertz CT molecular complexity index is 1300. The maximum absolute atomic E-state index is 13.5. The molecule has 0 spiro atoms. The summed E-state index contributed by atoms with van der Waals surface area (Å²) >= 11 is 0. The van der Waals surface area contributed by atoms with Crippen LogP contribution in [0.25, 0.3) is 10.8 Å². The Labute approximate surface area is 189 Å². The van der Waals surface area contributed by atoms with E-state index in [9.17, 15) is 18.3 Å². The van der Waals surface area contributed by atoms with Gasteiger partial charge in [-0.15, -0.1) is 0 Å². The van der Waals surface area contributed by atoms with E-state index >= 15 is 0 Å². The number of rotatable bonds is 5. The van der Waals surface area contributed by atoms with Crippen molar-refractivity contribution in [2.75, 3.05) is 4.72 Å². The lowest BCUT2D eigenvalue weighted by Gasteiger charge is -2.21. The lowest BCUT2D eigenvalue weighted by Crippen LogP contribution is -2.18. The van der Waals surface area contributed by atoms with Gasteiger partial charge in [0, 0.05) is 5.39 Å². The number of carbonyl (C=O) groups is 1. The highest BCUT2D eigenvalue weighted by Gasteiger charge is 2.35. The van der Waals surface area contributed by atoms with E-state index in [1.807, 2.05) is 64.1 Å². The maximum Gasteiger partial charge on any atom is 0.307 e. The third-order valence-electron chi connectivity index (χ3n) is 7.00. The molecule has 3 aromatic rings. The number of aliphatic carboxylic acids is 1. The van der Waals surface area contributed by atoms with Gasteiger partial charge < -0.3 is 5.11 Å². The molecule has 168 valence electrons. The molecule has 0 aliphatic heterocycles. The first kappa shape index (κ1) is 22.3. The first-order chi connectivity index (χ1) is 15.1. The summed E-state index contributed by atoms with van der Waals surface area (Å²) in [6.07, 6.45) is 2.39. The molecule has 1 fully saturated rings. The summed E-state index contributed by atoms with van der Waals surface area (Å²) in [5, 5.41) is 11.3. The summed E-state index contributed by atoms with van der Waals surface area (Å²) in [7, 11) is -3.81. The molecule has 1 aliphatic carbocycles. The minimum absolute atomic E-state index is 0.0630. The van der Waals surface area contributed by atoms with Crippen molar-refractivity contribution >= 4 is 32.5 Å². The van der Waals surface area contributed by atoms with Gasteiger partial charge in [0.15, 0.2) is 0 Å². The Hall–Kier alpha value is -2.86. The quantitative estimate of drug-likeness (QED) is 0.510. The Balaban J connectivity index is 1.82. The second-order valence-electron chi connectivity index (χ2n) is 8.93. The molecular weight excluding hydrogens is 422 g/mol. The van der Waals surface area contributed by atoms with Gasteiger partial charge in [0.05, 0.1) is 16.5 Å². The Morgan fingerprint density at radius 3 is 2.19 bits per heavy atom. The van der Waals surface area contributed by atoms with Crippen molar-refractivity contribution in [2.45, 2.75) is 57.8 Å². The molecule has 32 heavy (non-hydrogen) atoms. The number of hydrogen-bond donors (Lipinski definition) is 2. The smallest absolute Gasteiger partial charge is 0.307 e. The fourth-order valence-electron chi connectivity index (χ4n) is 5.14. The van der Waals surface area contributed by atoms with Crippen molar-refractivity contribution in [1.29, 1.82) is 0 Å². The summed E-state index contributed by atoms with van der Waals surface area (Å²) in [5.74, 6) is -1.23. The van der Waals surface area contributed by atoms with Crippen molar-refractivity contribution in [3.8, 4) is 0 Å². The molecule has 6 heteroatoms. The van der Waals surface area contributed by atoms with E-state index in [4.69, 9.17) is 0 Å². The molecule has 2 atom stereocenters.